The van der Waals surface area contributed by atoms with E-state index in [0.717, 1.165) is 5.56 Å². The molecule has 0 fully saturated rings. The van der Waals surface area contributed by atoms with Crippen molar-refractivity contribution in [1.82, 2.24) is 25.0 Å². The van der Waals surface area contributed by atoms with Crippen LogP contribution < -0.4 is 11.3 Å². The Morgan fingerprint density at radius 2 is 2.06 bits per heavy atom. The number of hydrogen-bond donors (Lipinski definition) is 2. The number of H-pyrrole nitrogens is 1. The molecule has 7 nitrogen and oxygen atoms in total. The van der Waals surface area contributed by atoms with Gasteiger partial charge in [-0.15, -0.1) is 5.10 Å². The largest absolute Gasteiger partial charge is 0.369 e. The Kier molecular flexibility index (Phi) is 2.30. The zero-order chi connectivity index (χ0) is 12.5. The lowest BCUT2D eigenvalue weighted by molar-refractivity contribution is 0.664. The summed E-state index contributed by atoms with van der Waals surface area (Å²) in [4.78, 5) is 18.0. The first-order chi connectivity index (χ1) is 8.74. The molecule has 3 rings (SSSR count). The third-order valence-corrected chi connectivity index (χ3v) is 2.57. The Balaban J connectivity index is 2.11. The summed E-state index contributed by atoms with van der Waals surface area (Å²) in [6, 6.07) is 9.73. The SMILES string of the molecule is Nc1nc2c(nnn2Cc2ccccc2)c(=O)[nH]1. The van der Waals surface area contributed by atoms with Crippen LogP contribution in [0.4, 0.5) is 5.95 Å². The molecule has 0 radical (unpaired) electrons. The van der Waals surface area contributed by atoms with Gasteiger partial charge in [0.05, 0.1) is 6.54 Å². The maximum atomic E-state index is 11.6. The third-order valence-electron chi connectivity index (χ3n) is 2.57. The molecule has 0 saturated heterocycles. The molecule has 0 aliphatic rings. The predicted molar refractivity (Wildman–Crippen MR) is 65.9 cm³/mol. The van der Waals surface area contributed by atoms with Crippen LogP contribution in [-0.4, -0.2) is 25.0 Å². The molecule has 0 unspecified atom stereocenters. The van der Waals surface area contributed by atoms with Crippen molar-refractivity contribution in [3.05, 3.63) is 46.2 Å². The van der Waals surface area contributed by atoms with Crippen LogP contribution >= 0.6 is 0 Å². The van der Waals surface area contributed by atoms with Gasteiger partial charge in [0.1, 0.15) is 0 Å². The summed E-state index contributed by atoms with van der Waals surface area (Å²) in [5, 5.41) is 7.73. The number of nitrogens with two attached hydrogens (primary N) is 1. The standard InChI is InChI=1S/C11H10N6O/c12-11-13-9-8(10(18)14-11)15-16-17(9)6-7-4-2-1-3-5-7/h1-5H,6H2,(H3,12,13,14,18). The molecule has 90 valence electrons. The first-order valence-corrected chi connectivity index (χ1v) is 5.37. The first kappa shape index (κ1) is 10.5. The fraction of sp³-hybridized carbons (Fsp3) is 0.0909. The Hall–Kier alpha value is -2.70. The fourth-order valence-electron chi connectivity index (χ4n) is 1.75. The summed E-state index contributed by atoms with van der Waals surface area (Å²) < 4.78 is 1.55. The van der Waals surface area contributed by atoms with Crippen molar-refractivity contribution >= 4 is 17.1 Å². The number of rotatable bonds is 2. The van der Waals surface area contributed by atoms with Gasteiger partial charge in [0.15, 0.2) is 11.2 Å². The normalized spacial score (nSPS) is 10.9. The maximum Gasteiger partial charge on any atom is 0.282 e. The highest BCUT2D eigenvalue weighted by Gasteiger charge is 2.10. The van der Waals surface area contributed by atoms with Crippen molar-refractivity contribution in [2.45, 2.75) is 6.54 Å². The highest BCUT2D eigenvalue weighted by molar-refractivity contribution is 5.69. The van der Waals surface area contributed by atoms with E-state index in [1.807, 2.05) is 30.3 Å². The average Bonchev–Trinajstić information content (AvgIpc) is 2.74. The number of fused-ring (bicyclic) bond motifs is 1. The monoisotopic (exact) mass is 242 g/mol. The molecule has 7 heteroatoms. The van der Waals surface area contributed by atoms with E-state index < -0.39 is 0 Å². The summed E-state index contributed by atoms with van der Waals surface area (Å²) >= 11 is 0. The van der Waals surface area contributed by atoms with Crippen LogP contribution in [0.2, 0.25) is 0 Å². The maximum absolute atomic E-state index is 11.6. The minimum absolute atomic E-state index is 0.0594. The Morgan fingerprint density at radius 1 is 1.28 bits per heavy atom. The van der Waals surface area contributed by atoms with E-state index in [-0.39, 0.29) is 17.0 Å². The zero-order valence-electron chi connectivity index (χ0n) is 9.37. The molecule has 0 amide bonds. The van der Waals surface area contributed by atoms with Crippen molar-refractivity contribution in [1.29, 1.82) is 0 Å². The van der Waals surface area contributed by atoms with Crippen LogP contribution in [-0.2, 0) is 6.54 Å². The molecule has 2 aromatic heterocycles. The molecular formula is C11H10N6O. The molecule has 0 atom stereocenters. The zero-order valence-corrected chi connectivity index (χ0v) is 9.37. The van der Waals surface area contributed by atoms with Crippen LogP contribution in [0.25, 0.3) is 11.2 Å². The fourth-order valence-corrected chi connectivity index (χ4v) is 1.75. The Morgan fingerprint density at radius 3 is 2.83 bits per heavy atom. The van der Waals surface area contributed by atoms with E-state index in [9.17, 15) is 4.79 Å². The Labute approximate surface area is 101 Å². The summed E-state index contributed by atoms with van der Waals surface area (Å²) in [6.07, 6.45) is 0. The van der Waals surface area contributed by atoms with Gasteiger partial charge in [-0.3, -0.25) is 9.78 Å². The highest BCUT2D eigenvalue weighted by atomic mass is 16.1. The first-order valence-electron chi connectivity index (χ1n) is 5.37. The summed E-state index contributed by atoms with van der Waals surface area (Å²) in [5.41, 5.74) is 6.76. The molecule has 3 N–H and O–H groups in total. The topological polar surface area (TPSA) is 102 Å². The minimum Gasteiger partial charge on any atom is -0.369 e. The number of aromatic nitrogens is 5. The van der Waals surface area contributed by atoms with Crippen molar-refractivity contribution in [3.8, 4) is 0 Å². The number of nitrogens with zero attached hydrogens (tertiary/aromatic N) is 4. The van der Waals surface area contributed by atoms with E-state index >= 15 is 0 Å². The smallest absolute Gasteiger partial charge is 0.282 e. The van der Waals surface area contributed by atoms with E-state index in [2.05, 4.69) is 20.3 Å². The lowest BCUT2D eigenvalue weighted by Crippen LogP contribution is -2.12. The second-order valence-electron chi connectivity index (χ2n) is 3.86. The second-order valence-corrected chi connectivity index (χ2v) is 3.86. The van der Waals surface area contributed by atoms with Crippen LogP contribution in [0.3, 0.4) is 0 Å². The molecule has 0 aliphatic heterocycles. The number of benzene rings is 1. The van der Waals surface area contributed by atoms with Crippen molar-refractivity contribution < 1.29 is 0 Å². The van der Waals surface area contributed by atoms with Gasteiger partial charge in [-0.25, -0.2) is 4.68 Å². The van der Waals surface area contributed by atoms with Gasteiger partial charge < -0.3 is 5.73 Å². The van der Waals surface area contributed by atoms with Crippen LogP contribution in [0.5, 0.6) is 0 Å². The van der Waals surface area contributed by atoms with Gasteiger partial charge in [0.2, 0.25) is 5.95 Å². The van der Waals surface area contributed by atoms with Crippen LogP contribution in [0.15, 0.2) is 35.1 Å². The predicted octanol–water partition coefficient (Wildman–Crippen LogP) is 0.145. The van der Waals surface area contributed by atoms with Gasteiger partial charge in [-0.05, 0) is 5.56 Å². The molecule has 2 heterocycles. The van der Waals surface area contributed by atoms with E-state index in [1.54, 1.807) is 4.68 Å². The summed E-state index contributed by atoms with van der Waals surface area (Å²) in [6.45, 7) is 0.493. The molecular weight excluding hydrogens is 232 g/mol. The van der Waals surface area contributed by atoms with Gasteiger partial charge in [0.25, 0.3) is 5.56 Å². The van der Waals surface area contributed by atoms with Crippen LogP contribution in [0.1, 0.15) is 5.56 Å². The molecule has 0 spiro atoms. The lowest BCUT2D eigenvalue weighted by atomic mass is 10.2. The second kappa shape index (κ2) is 3.95. The third kappa shape index (κ3) is 1.71. The van der Waals surface area contributed by atoms with Gasteiger partial charge in [0, 0.05) is 0 Å². The number of anilines is 1. The van der Waals surface area contributed by atoms with Crippen molar-refractivity contribution in [2.75, 3.05) is 5.73 Å². The van der Waals surface area contributed by atoms with Gasteiger partial charge >= 0.3 is 0 Å². The number of hydrogen-bond acceptors (Lipinski definition) is 5. The molecule has 0 saturated carbocycles. The molecule has 1 aromatic carbocycles. The van der Waals surface area contributed by atoms with Crippen molar-refractivity contribution in [2.24, 2.45) is 0 Å². The average molecular weight is 242 g/mol. The van der Waals surface area contributed by atoms with Gasteiger partial charge in [-0.2, -0.15) is 4.98 Å². The molecule has 3 aromatic rings. The number of nitrogens with one attached hydrogen (secondary N) is 1. The summed E-state index contributed by atoms with van der Waals surface area (Å²) in [7, 11) is 0. The highest BCUT2D eigenvalue weighted by Crippen LogP contribution is 2.07. The van der Waals surface area contributed by atoms with Crippen molar-refractivity contribution in [3.63, 3.8) is 0 Å². The quantitative estimate of drug-likeness (QED) is 0.665. The number of aromatic amines is 1. The minimum atomic E-state index is -0.378. The summed E-state index contributed by atoms with van der Waals surface area (Å²) in [5.74, 6) is 0.0594. The van der Waals surface area contributed by atoms with Gasteiger partial charge in [-0.1, -0.05) is 35.5 Å². The van der Waals surface area contributed by atoms with Crippen LogP contribution in [0, 0.1) is 0 Å². The molecule has 0 aliphatic carbocycles. The van der Waals surface area contributed by atoms with E-state index in [4.69, 9.17) is 5.73 Å². The molecule has 18 heavy (non-hydrogen) atoms. The van der Waals surface area contributed by atoms with E-state index in [0.29, 0.717) is 12.2 Å². The Bertz CT molecular complexity index is 745. The molecule has 0 bridgehead atoms. The van der Waals surface area contributed by atoms with E-state index in [1.165, 1.54) is 0 Å². The lowest BCUT2D eigenvalue weighted by Gasteiger charge is -2.01. The number of nitrogen functional groups attached to an aromatic ring is 1.